The Morgan fingerprint density at radius 3 is 2.68 bits per heavy atom. The highest BCUT2D eigenvalue weighted by molar-refractivity contribution is 6.01. The van der Waals surface area contributed by atoms with E-state index in [-0.39, 0.29) is 17.5 Å². The Labute approximate surface area is 163 Å². The monoisotopic (exact) mass is 385 g/mol. The molecule has 1 aromatic carbocycles. The molecular weight excluding hydrogens is 362 g/mol. The molecule has 0 fully saturated rings. The smallest absolute Gasteiger partial charge is 0.366 e. The summed E-state index contributed by atoms with van der Waals surface area (Å²) in [6.07, 6.45) is 1.39. The number of aryl methyl sites for hydroxylation is 1. The number of pyridine rings is 1. The van der Waals surface area contributed by atoms with Crippen molar-refractivity contribution >= 4 is 17.5 Å². The zero-order valence-corrected chi connectivity index (χ0v) is 16.2. The Morgan fingerprint density at radius 2 is 1.96 bits per heavy atom. The molecule has 8 heteroatoms. The maximum absolute atomic E-state index is 12.8. The van der Waals surface area contributed by atoms with Gasteiger partial charge in [0, 0.05) is 12.6 Å². The van der Waals surface area contributed by atoms with Crippen LogP contribution in [0.4, 0.5) is 11.6 Å². The number of fused-ring (bicyclic) bond motifs is 1. The van der Waals surface area contributed by atoms with Gasteiger partial charge in [-0.05, 0) is 61.2 Å². The van der Waals surface area contributed by atoms with E-state index >= 15 is 0 Å². The van der Waals surface area contributed by atoms with E-state index in [9.17, 15) is 14.9 Å². The summed E-state index contributed by atoms with van der Waals surface area (Å²) in [7, 11) is 0. The number of benzene rings is 1. The summed E-state index contributed by atoms with van der Waals surface area (Å²) in [6, 6.07) is 10.5. The number of nitro groups is 1. The number of carbonyl (C=O) groups is 1. The van der Waals surface area contributed by atoms with Crippen LogP contribution >= 0.6 is 0 Å². The van der Waals surface area contributed by atoms with Crippen LogP contribution in [0.2, 0.25) is 0 Å². The van der Waals surface area contributed by atoms with Gasteiger partial charge in [-0.1, -0.05) is 18.2 Å². The van der Waals surface area contributed by atoms with Crippen LogP contribution in [-0.2, 0) is 4.79 Å². The number of anilines is 1. The average Bonchev–Trinajstić information content (AvgIpc) is 2.65. The molecule has 0 saturated carbocycles. The van der Waals surface area contributed by atoms with Gasteiger partial charge >= 0.3 is 5.82 Å². The van der Waals surface area contributed by atoms with Crippen LogP contribution < -0.4 is 14.4 Å². The van der Waals surface area contributed by atoms with Crippen LogP contribution in [0.3, 0.4) is 0 Å². The quantitative estimate of drug-likeness (QED) is 0.410. The Balaban J connectivity index is 1.67. The van der Waals surface area contributed by atoms with Gasteiger partial charge < -0.3 is 19.6 Å². The molecule has 3 rings (SSSR count). The first kappa shape index (κ1) is 19.6. The second-order valence-electron chi connectivity index (χ2n) is 7.14. The SMILES string of the molecule is Cc1ccccc1OCCCCN1C(=O)C(C)(C)Oc2ccc([N+](=O)[O-])nc21. The first-order chi connectivity index (χ1) is 13.3. The summed E-state index contributed by atoms with van der Waals surface area (Å²) >= 11 is 0. The molecule has 0 bridgehead atoms. The minimum Gasteiger partial charge on any atom is -0.493 e. The second-order valence-corrected chi connectivity index (χ2v) is 7.14. The Hall–Kier alpha value is -3.16. The van der Waals surface area contributed by atoms with Crippen molar-refractivity contribution in [1.82, 2.24) is 4.98 Å². The van der Waals surface area contributed by atoms with E-state index in [0.717, 1.165) is 17.7 Å². The van der Waals surface area contributed by atoms with Gasteiger partial charge in [0.1, 0.15) is 5.75 Å². The van der Waals surface area contributed by atoms with E-state index in [4.69, 9.17) is 9.47 Å². The number of ether oxygens (including phenoxy) is 2. The van der Waals surface area contributed by atoms with E-state index in [2.05, 4.69) is 4.98 Å². The number of unbranched alkanes of at least 4 members (excludes halogenated alkanes) is 1. The summed E-state index contributed by atoms with van der Waals surface area (Å²) in [4.78, 5) is 28.7. The topological polar surface area (TPSA) is 94.8 Å². The molecule has 28 heavy (non-hydrogen) atoms. The fourth-order valence-corrected chi connectivity index (χ4v) is 3.02. The molecule has 2 aromatic rings. The van der Waals surface area contributed by atoms with Gasteiger partial charge in [-0.2, -0.15) is 0 Å². The molecule has 0 aliphatic carbocycles. The van der Waals surface area contributed by atoms with Crippen molar-refractivity contribution in [1.29, 1.82) is 0 Å². The highest BCUT2D eigenvalue weighted by Gasteiger charge is 2.44. The van der Waals surface area contributed by atoms with Gasteiger partial charge in [0.25, 0.3) is 11.7 Å². The predicted octanol–water partition coefficient (Wildman–Crippen LogP) is 3.66. The molecule has 2 heterocycles. The third kappa shape index (κ3) is 4.05. The lowest BCUT2D eigenvalue weighted by molar-refractivity contribution is -0.389. The number of nitrogens with zero attached hydrogens (tertiary/aromatic N) is 3. The predicted molar refractivity (Wildman–Crippen MR) is 104 cm³/mol. The second kappa shape index (κ2) is 7.84. The van der Waals surface area contributed by atoms with E-state index in [1.165, 1.54) is 17.0 Å². The lowest BCUT2D eigenvalue weighted by atomic mass is 10.0. The van der Waals surface area contributed by atoms with Crippen molar-refractivity contribution in [2.24, 2.45) is 0 Å². The van der Waals surface area contributed by atoms with E-state index in [1.54, 1.807) is 13.8 Å². The number of aromatic nitrogens is 1. The number of hydrogen-bond donors (Lipinski definition) is 0. The van der Waals surface area contributed by atoms with Crippen molar-refractivity contribution in [3.05, 3.63) is 52.1 Å². The number of para-hydroxylation sites is 1. The van der Waals surface area contributed by atoms with Crippen LogP contribution in [0.15, 0.2) is 36.4 Å². The molecule has 0 atom stereocenters. The maximum atomic E-state index is 12.8. The zero-order valence-electron chi connectivity index (χ0n) is 16.2. The van der Waals surface area contributed by atoms with Gasteiger partial charge in [0.15, 0.2) is 11.4 Å². The summed E-state index contributed by atoms with van der Waals surface area (Å²) in [5.74, 6) is 0.814. The summed E-state index contributed by atoms with van der Waals surface area (Å²) < 4.78 is 11.5. The van der Waals surface area contributed by atoms with Crippen molar-refractivity contribution in [3.63, 3.8) is 0 Å². The van der Waals surface area contributed by atoms with Crippen molar-refractivity contribution in [2.75, 3.05) is 18.1 Å². The van der Waals surface area contributed by atoms with E-state index < -0.39 is 10.5 Å². The number of hydrogen-bond acceptors (Lipinski definition) is 6. The maximum Gasteiger partial charge on any atom is 0.366 e. The molecule has 1 aliphatic heterocycles. The molecule has 0 unspecified atom stereocenters. The van der Waals surface area contributed by atoms with Crippen LogP contribution in [0.25, 0.3) is 0 Å². The highest BCUT2D eigenvalue weighted by Crippen LogP contribution is 2.37. The highest BCUT2D eigenvalue weighted by atomic mass is 16.6. The third-order valence-electron chi connectivity index (χ3n) is 4.52. The standard InChI is InChI=1S/C20H23N3O5/c1-14-8-4-5-9-15(14)27-13-7-6-12-22-18-16(28-20(2,3)19(22)24)10-11-17(21-18)23(25)26/h4-5,8-11H,6-7,12-13H2,1-3H3. The Bertz CT molecular complexity index is 897. The van der Waals surface area contributed by atoms with Gasteiger partial charge in [0.05, 0.1) is 6.61 Å². The van der Waals surface area contributed by atoms with Crippen LogP contribution in [0.1, 0.15) is 32.3 Å². The van der Waals surface area contributed by atoms with Crippen molar-refractivity contribution < 1.29 is 19.2 Å². The summed E-state index contributed by atoms with van der Waals surface area (Å²) in [6.45, 7) is 6.23. The molecule has 0 N–H and O–H groups in total. The molecule has 1 aliphatic rings. The van der Waals surface area contributed by atoms with E-state index in [0.29, 0.717) is 25.3 Å². The average molecular weight is 385 g/mol. The van der Waals surface area contributed by atoms with Gasteiger partial charge in [-0.15, -0.1) is 0 Å². The molecule has 0 saturated heterocycles. The first-order valence-electron chi connectivity index (χ1n) is 9.14. The molecule has 8 nitrogen and oxygen atoms in total. The fraction of sp³-hybridized carbons (Fsp3) is 0.400. The molecule has 0 spiro atoms. The molecule has 0 radical (unpaired) electrons. The van der Waals surface area contributed by atoms with Crippen molar-refractivity contribution in [3.8, 4) is 11.5 Å². The minimum atomic E-state index is -1.05. The Morgan fingerprint density at radius 1 is 1.21 bits per heavy atom. The molecule has 148 valence electrons. The van der Waals surface area contributed by atoms with Gasteiger partial charge in [0.2, 0.25) is 0 Å². The first-order valence-corrected chi connectivity index (χ1v) is 9.14. The molecular formula is C20H23N3O5. The fourth-order valence-electron chi connectivity index (χ4n) is 3.02. The molecule has 1 amide bonds. The number of rotatable bonds is 7. The molecule has 1 aromatic heterocycles. The lowest BCUT2D eigenvalue weighted by Gasteiger charge is -2.35. The third-order valence-corrected chi connectivity index (χ3v) is 4.52. The van der Waals surface area contributed by atoms with E-state index in [1.807, 2.05) is 31.2 Å². The van der Waals surface area contributed by atoms with Gasteiger partial charge in [-0.3, -0.25) is 9.69 Å². The van der Waals surface area contributed by atoms with Crippen molar-refractivity contribution in [2.45, 2.75) is 39.2 Å². The lowest BCUT2D eigenvalue weighted by Crippen LogP contribution is -2.53. The minimum absolute atomic E-state index is 0.193. The summed E-state index contributed by atoms with van der Waals surface area (Å²) in [5.41, 5.74) is 0.0145. The van der Waals surface area contributed by atoms with Crippen LogP contribution in [0.5, 0.6) is 11.5 Å². The zero-order chi connectivity index (χ0) is 20.3. The summed E-state index contributed by atoms with van der Waals surface area (Å²) in [5, 5.41) is 11.0. The number of carbonyl (C=O) groups excluding carboxylic acids is 1. The van der Waals surface area contributed by atoms with Crippen LogP contribution in [-0.4, -0.2) is 34.6 Å². The largest absolute Gasteiger partial charge is 0.493 e. The van der Waals surface area contributed by atoms with Gasteiger partial charge in [-0.25, -0.2) is 0 Å². The Kier molecular flexibility index (Phi) is 5.48. The number of amides is 1. The normalized spacial score (nSPS) is 15.0. The van der Waals surface area contributed by atoms with Crippen LogP contribution in [0, 0.1) is 17.0 Å².